The van der Waals surface area contributed by atoms with Crippen molar-refractivity contribution in [3.63, 3.8) is 0 Å². The van der Waals surface area contributed by atoms with Crippen molar-refractivity contribution in [1.82, 2.24) is 5.32 Å². The minimum Gasteiger partial charge on any atom is -0.379 e. The highest BCUT2D eigenvalue weighted by molar-refractivity contribution is 4.62. The Morgan fingerprint density at radius 3 is 2.88 bits per heavy atom. The van der Waals surface area contributed by atoms with Crippen molar-refractivity contribution in [3.8, 4) is 0 Å². The summed E-state index contributed by atoms with van der Waals surface area (Å²) in [5.41, 5.74) is 0. The van der Waals surface area contributed by atoms with Gasteiger partial charge < -0.3 is 14.8 Å². The highest BCUT2D eigenvalue weighted by atomic mass is 16.5. The fourth-order valence-electron chi connectivity index (χ4n) is 1.87. The largest absolute Gasteiger partial charge is 0.379 e. The number of ether oxygens (including phenoxy) is 2. The van der Waals surface area contributed by atoms with Crippen LogP contribution in [0.1, 0.15) is 46.0 Å². The lowest BCUT2D eigenvalue weighted by Crippen LogP contribution is -2.25. The highest BCUT2D eigenvalue weighted by Crippen LogP contribution is 2.12. The summed E-state index contributed by atoms with van der Waals surface area (Å²) in [6.45, 7) is 8.04. The van der Waals surface area contributed by atoms with Gasteiger partial charge in [-0.3, -0.25) is 0 Å². The van der Waals surface area contributed by atoms with Crippen LogP contribution in [0.4, 0.5) is 0 Å². The summed E-state index contributed by atoms with van der Waals surface area (Å²) in [6.07, 6.45) is 6.40. The van der Waals surface area contributed by atoms with Crippen LogP contribution < -0.4 is 5.32 Å². The zero-order valence-electron chi connectivity index (χ0n) is 10.8. The smallest absolute Gasteiger partial charge is 0.0808 e. The molecular weight excluding hydrogens is 202 g/mol. The summed E-state index contributed by atoms with van der Waals surface area (Å²) in [5.74, 6) is 0. The molecule has 0 amide bonds. The minimum absolute atomic E-state index is 0.363. The summed E-state index contributed by atoms with van der Waals surface area (Å²) < 4.78 is 11.2. The van der Waals surface area contributed by atoms with E-state index >= 15 is 0 Å². The van der Waals surface area contributed by atoms with Gasteiger partial charge in [0.05, 0.1) is 12.7 Å². The zero-order valence-corrected chi connectivity index (χ0v) is 10.8. The second-order valence-corrected chi connectivity index (χ2v) is 4.88. The van der Waals surface area contributed by atoms with Crippen LogP contribution in [-0.4, -0.2) is 38.5 Å². The molecule has 0 aromatic heterocycles. The molecule has 0 aromatic carbocycles. The number of unbranched alkanes of at least 4 members (excludes halogenated alkanes) is 1. The van der Waals surface area contributed by atoms with E-state index in [1.807, 2.05) is 0 Å². The predicted molar refractivity (Wildman–Crippen MR) is 66.8 cm³/mol. The molecular formula is C13H27NO2. The Kier molecular flexibility index (Phi) is 7.81. The molecule has 1 fully saturated rings. The monoisotopic (exact) mass is 229 g/mol. The fraction of sp³-hybridized carbons (Fsp3) is 1.00. The van der Waals surface area contributed by atoms with E-state index in [1.165, 1.54) is 25.7 Å². The van der Waals surface area contributed by atoms with Gasteiger partial charge in [0.25, 0.3) is 0 Å². The molecule has 1 saturated heterocycles. The van der Waals surface area contributed by atoms with Gasteiger partial charge in [0.2, 0.25) is 0 Å². The van der Waals surface area contributed by atoms with Crippen LogP contribution in [0.5, 0.6) is 0 Å². The van der Waals surface area contributed by atoms with Gasteiger partial charge in [-0.1, -0.05) is 13.8 Å². The Labute approximate surface area is 99.9 Å². The van der Waals surface area contributed by atoms with Gasteiger partial charge in [-0.05, 0) is 38.6 Å². The molecule has 1 unspecified atom stereocenters. The van der Waals surface area contributed by atoms with Gasteiger partial charge >= 0.3 is 0 Å². The zero-order chi connectivity index (χ0) is 11.6. The molecule has 1 N–H and O–H groups in total. The summed E-state index contributed by atoms with van der Waals surface area (Å²) in [5, 5.41) is 3.41. The van der Waals surface area contributed by atoms with Crippen molar-refractivity contribution in [2.24, 2.45) is 0 Å². The molecule has 1 rings (SSSR count). The fourth-order valence-corrected chi connectivity index (χ4v) is 1.87. The van der Waals surface area contributed by atoms with Gasteiger partial charge in [0.1, 0.15) is 0 Å². The van der Waals surface area contributed by atoms with Crippen molar-refractivity contribution >= 4 is 0 Å². The van der Waals surface area contributed by atoms with Crippen LogP contribution in [0, 0.1) is 0 Å². The molecule has 96 valence electrons. The van der Waals surface area contributed by atoms with E-state index in [1.54, 1.807) is 0 Å². The third-order valence-electron chi connectivity index (χ3n) is 2.85. The average molecular weight is 229 g/mol. The lowest BCUT2D eigenvalue weighted by molar-refractivity contribution is -0.0410. The van der Waals surface area contributed by atoms with E-state index in [2.05, 4.69) is 19.2 Å². The number of rotatable bonds is 8. The van der Waals surface area contributed by atoms with Crippen molar-refractivity contribution in [2.45, 2.75) is 58.1 Å². The topological polar surface area (TPSA) is 30.5 Å². The SMILES string of the molecule is CC(C)NCCCCOCC1CCCCO1. The maximum Gasteiger partial charge on any atom is 0.0808 e. The van der Waals surface area contributed by atoms with Crippen LogP contribution in [0.3, 0.4) is 0 Å². The van der Waals surface area contributed by atoms with Crippen LogP contribution >= 0.6 is 0 Å². The van der Waals surface area contributed by atoms with E-state index in [9.17, 15) is 0 Å². The normalized spacial score (nSPS) is 21.6. The molecule has 16 heavy (non-hydrogen) atoms. The first-order valence-electron chi connectivity index (χ1n) is 6.72. The van der Waals surface area contributed by atoms with Gasteiger partial charge in [-0.25, -0.2) is 0 Å². The van der Waals surface area contributed by atoms with E-state index in [-0.39, 0.29) is 0 Å². The average Bonchev–Trinajstić information content (AvgIpc) is 2.29. The van der Waals surface area contributed by atoms with Crippen molar-refractivity contribution in [3.05, 3.63) is 0 Å². The molecule has 0 aliphatic carbocycles. The molecule has 0 radical (unpaired) electrons. The minimum atomic E-state index is 0.363. The maximum atomic E-state index is 5.63. The van der Waals surface area contributed by atoms with E-state index in [4.69, 9.17) is 9.47 Å². The molecule has 1 aliphatic heterocycles. The summed E-state index contributed by atoms with van der Waals surface area (Å²) >= 11 is 0. The van der Waals surface area contributed by atoms with Gasteiger partial charge in [0, 0.05) is 19.3 Å². The molecule has 0 saturated carbocycles. The summed E-state index contributed by atoms with van der Waals surface area (Å²) in [6, 6.07) is 0.594. The van der Waals surface area contributed by atoms with Gasteiger partial charge in [-0.2, -0.15) is 0 Å². The molecule has 1 aliphatic rings. The van der Waals surface area contributed by atoms with E-state index in [0.717, 1.165) is 32.8 Å². The molecule has 3 nitrogen and oxygen atoms in total. The number of hydrogen-bond donors (Lipinski definition) is 1. The quantitative estimate of drug-likeness (QED) is 0.648. The van der Waals surface area contributed by atoms with Crippen LogP contribution in [0.25, 0.3) is 0 Å². The lowest BCUT2D eigenvalue weighted by atomic mass is 10.1. The second kappa shape index (κ2) is 8.97. The summed E-state index contributed by atoms with van der Waals surface area (Å²) in [4.78, 5) is 0. The van der Waals surface area contributed by atoms with Gasteiger partial charge in [-0.15, -0.1) is 0 Å². The van der Waals surface area contributed by atoms with Crippen LogP contribution in [0.2, 0.25) is 0 Å². The first-order chi connectivity index (χ1) is 7.79. The Hall–Kier alpha value is -0.120. The Morgan fingerprint density at radius 2 is 2.19 bits per heavy atom. The standard InChI is InChI=1S/C13H27NO2/c1-12(2)14-8-4-6-9-15-11-13-7-3-5-10-16-13/h12-14H,3-11H2,1-2H3. The first kappa shape index (κ1) is 13.9. The Balaban J connectivity index is 1.80. The maximum absolute atomic E-state index is 5.63. The van der Waals surface area contributed by atoms with Gasteiger partial charge in [0.15, 0.2) is 0 Å². The van der Waals surface area contributed by atoms with Crippen molar-refractivity contribution < 1.29 is 9.47 Å². The molecule has 1 heterocycles. The number of hydrogen-bond acceptors (Lipinski definition) is 3. The Morgan fingerprint density at radius 1 is 1.31 bits per heavy atom. The third-order valence-corrected chi connectivity index (χ3v) is 2.85. The molecule has 0 aromatic rings. The highest BCUT2D eigenvalue weighted by Gasteiger charge is 2.13. The molecule has 0 bridgehead atoms. The predicted octanol–water partition coefficient (Wildman–Crippen LogP) is 2.35. The first-order valence-corrected chi connectivity index (χ1v) is 6.72. The van der Waals surface area contributed by atoms with Crippen molar-refractivity contribution in [2.75, 3.05) is 26.4 Å². The van der Waals surface area contributed by atoms with E-state index in [0.29, 0.717) is 12.1 Å². The van der Waals surface area contributed by atoms with Crippen molar-refractivity contribution in [1.29, 1.82) is 0 Å². The summed E-state index contributed by atoms with van der Waals surface area (Å²) in [7, 11) is 0. The van der Waals surface area contributed by atoms with E-state index < -0.39 is 0 Å². The second-order valence-electron chi connectivity index (χ2n) is 4.88. The molecule has 3 heteroatoms. The lowest BCUT2D eigenvalue weighted by Gasteiger charge is -2.22. The Bertz CT molecular complexity index is 156. The molecule has 1 atom stereocenters. The van der Waals surface area contributed by atoms with Crippen LogP contribution in [-0.2, 0) is 9.47 Å². The third kappa shape index (κ3) is 7.20. The van der Waals surface area contributed by atoms with Crippen LogP contribution in [0.15, 0.2) is 0 Å². The molecule has 0 spiro atoms. The number of nitrogens with one attached hydrogen (secondary N) is 1.